The molecule has 96 valence electrons. The second kappa shape index (κ2) is 6.39. The minimum absolute atomic E-state index is 0.0395. The van der Waals surface area contributed by atoms with Gasteiger partial charge in [0.25, 0.3) is 0 Å². The van der Waals surface area contributed by atoms with Gasteiger partial charge in [0.1, 0.15) is 0 Å². The van der Waals surface area contributed by atoms with Gasteiger partial charge in [-0.05, 0) is 26.5 Å². The molecule has 5 nitrogen and oxygen atoms in total. The number of carboxylic acid groups (broad SMARTS) is 1. The molecule has 1 aromatic rings. The molecule has 0 saturated carbocycles. The highest BCUT2D eigenvalue weighted by Crippen LogP contribution is 2.10. The van der Waals surface area contributed by atoms with Crippen molar-refractivity contribution in [2.24, 2.45) is 0 Å². The van der Waals surface area contributed by atoms with Crippen LogP contribution in [0.1, 0.15) is 32.9 Å². The molecule has 0 aromatic carbocycles. The van der Waals surface area contributed by atoms with E-state index < -0.39 is 5.97 Å². The highest BCUT2D eigenvalue weighted by molar-refractivity contribution is 5.67. The lowest BCUT2D eigenvalue weighted by atomic mass is 10.2. The maximum atomic E-state index is 10.7. The van der Waals surface area contributed by atoms with Gasteiger partial charge >= 0.3 is 5.97 Å². The van der Waals surface area contributed by atoms with Crippen molar-refractivity contribution in [3.05, 3.63) is 18.0 Å². The Morgan fingerprint density at radius 1 is 1.59 bits per heavy atom. The Hall–Kier alpha value is -1.36. The lowest BCUT2D eigenvalue weighted by molar-refractivity contribution is -0.138. The molecule has 5 heteroatoms. The van der Waals surface area contributed by atoms with Crippen molar-refractivity contribution in [2.75, 3.05) is 6.54 Å². The quantitative estimate of drug-likeness (QED) is 0.785. The van der Waals surface area contributed by atoms with Gasteiger partial charge in [-0.15, -0.1) is 0 Å². The molecule has 1 aromatic heterocycles. The molecule has 0 spiro atoms. The lowest BCUT2D eigenvalue weighted by Crippen LogP contribution is -2.34. The summed E-state index contributed by atoms with van der Waals surface area (Å²) in [6, 6.07) is 2.03. The number of aliphatic carboxylic acids is 1. The SMILES string of the molecule is CCN(Cc1ccnn1CC)C(C)CC(=O)O. The first-order valence-corrected chi connectivity index (χ1v) is 6.05. The maximum Gasteiger partial charge on any atom is 0.304 e. The van der Waals surface area contributed by atoms with Crippen molar-refractivity contribution in [1.29, 1.82) is 0 Å². The Morgan fingerprint density at radius 2 is 2.29 bits per heavy atom. The summed E-state index contributed by atoms with van der Waals surface area (Å²) in [7, 11) is 0. The molecule has 1 N–H and O–H groups in total. The Labute approximate surface area is 102 Å². The van der Waals surface area contributed by atoms with Crippen LogP contribution in [0.3, 0.4) is 0 Å². The van der Waals surface area contributed by atoms with Crippen LogP contribution in [-0.4, -0.2) is 38.3 Å². The van der Waals surface area contributed by atoms with E-state index in [1.165, 1.54) is 0 Å². The number of nitrogens with zero attached hydrogens (tertiary/aromatic N) is 3. The van der Waals surface area contributed by atoms with E-state index in [1.54, 1.807) is 6.20 Å². The molecular weight excluding hydrogens is 218 g/mol. The van der Waals surface area contributed by atoms with E-state index in [-0.39, 0.29) is 12.5 Å². The van der Waals surface area contributed by atoms with Crippen LogP contribution in [0.2, 0.25) is 0 Å². The minimum Gasteiger partial charge on any atom is -0.481 e. The highest BCUT2D eigenvalue weighted by Gasteiger charge is 2.16. The first-order chi connectivity index (χ1) is 8.08. The number of aromatic nitrogens is 2. The van der Waals surface area contributed by atoms with Gasteiger partial charge < -0.3 is 5.11 Å². The summed E-state index contributed by atoms with van der Waals surface area (Å²) in [5.41, 5.74) is 1.13. The number of aryl methyl sites for hydroxylation is 1. The fraction of sp³-hybridized carbons (Fsp3) is 0.667. The predicted octanol–water partition coefficient (Wildman–Crippen LogP) is 1.59. The van der Waals surface area contributed by atoms with E-state index in [0.717, 1.165) is 25.3 Å². The molecule has 0 aliphatic carbocycles. The molecule has 0 aliphatic heterocycles. The summed E-state index contributed by atoms with van der Waals surface area (Å²) >= 11 is 0. The van der Waals surface area contributed by atoms with Gasteiger partial charge in [-0.25, -0.2) is 0 Å². The smallest absolute Gasteiger partial charge is 0.304 e. The Bertz CT molecular complexity index is 362. The maximum absolute atomic E-state index is 10.7. The van der Waals surface area contributed by atoms with E-state index in [9.17, 15) is 4.79 Å². The fourth-order valence-corrected chi connectivity index (χ4v) is 1.95. The zero-order chi connectivity index (χ0) is 12.8. The lowest BCUT2D eigenvalue weighted by Gasteiger charge is -2.26. The largest absolute Gasteiger partial charge is 0.481 e. The molecule has 1 heterocycles. The molecular formula is C12H21N3O2. The highest BCUT2D eigenvalue weighted by atomic mass is 16.4. The number of carbonyl (C=O) groups is 1. The minimum atomic E-state index is -0.750. The first-order valence-electron chi connectivity index (χ1n) is 6.05. The number of hydrogen-bond donors (Lipinski definition) is 1. The van der Waals surface area contributed by atoms with Gasteiger partial charge in [0.05, 0.1) is 12.1 Å². The summed E-state index contributed by atoms with van der Waals surface area (Å²) in [6.07, 6.45) is 1.96. The van der Waals surface area contributed by atoms with Crippen molar-refractivity contribution in [3.8, 4) is 0 Å². The normalized spacial score (nSPS) is 12.9. The molecule has 1 rings (SSSR count). The van der Waals surface area contributed by atoms with E-state index in [2.05, 4.69) is 10.00 Å². The summed E-state index contributed by atoms with van der Waals surface area (Å²) in [6.45, 7) is 8.47. The van der Waals surface area contributed by atoms with E-state index in [4.69, 9.17) is 5.11 Å². The van der Waals surface area contributed by atoms with Gasteiger partial charge in [0.2, 0.25) is 0 Å². The molecule has 0 amide bonds. The molecule has 1 atom stereocenters. The third kappa shape index (κ3) is 3.85. The number of carboxylic acids is 1. The van der Waals surface area contributed by atoms with Gasteiger partial charge in [-0.3, -0.25) is 14.4 Å². The monoisotopic (exact) mass is 239 g/mol. The number of rotatable bonds is 7. The van der Waals surface area contributed by atoms with Gasteiger partial charge in [-0.2, -0.15) is 5.10 Å². The summed E-state index contributed by atoms with van der Waals surface area (Å²) in [5.74, 6) is -0.750. The van der Waals surface area contributed by atoms with Crippen molar-refractivity contribution in [1.82, 2.24) is 14.7 Å². The second-order valence-electron chi connectivity index (χ2n) is 4.15. The van der Waals surface area contributed by atoms with Crippen LogP contribution in [0.25, 0.3) is 0 Å². The Kier molecular flexibility index (Phi) is 5.15. The molecule has 0 radical (unpaired) electrons. The first kappa shape index (κ1) is 13.7. The molecule has 1 unspecified atom stereocenters. The van der Waals surface area contributed by atoms with Crippen molar-refractivity contribution in [2.45, 2.75) is 46.3 Å². The van der Waals surface area contributed by atoms with E-state index >= 15 is 0 Å². The summed E-state index contributed by atoms with van der Waals surface area (Å²) in [4.78, 5) is 12.9. The van der Waals surface area contributed by atoms with Crippen LogP contribution in [0.15, 0.2) is 12.3 Å². The van der Waals surface area contributed by atoms with E-state index in [0.29, 0.717) is 0 Å². The zero-order valence-corrected chi connectivity index (χ0v) is 10.8. The van der Waals surface area contributed by atoms with Crippen LogP contribution in [0.4, 0.5) is 0 Å². The van der Waals surface area contributed by atoms with Crippen LogP contribution in [0.5, 0.6) is 0 Å². The zero-order valence-electron chi connectivity index (χ0n) is 10.8. The van der Waals surface area contributed by atoms with Crippen LogP contribution in [-0.2, 0) is 17.9 Å². The van der Waals surface area contributed by atoms with Gasteiger partial charge in [0, 0.05) is 25.3 Å². The van der Waals surface area contributed by atoms with Crippen LogP contribution >= 0.6 is 0 Å². The van der Waals surface area contributed by atoms with Crippen molar-refractivity contribution < 1.29 is 9.90 Å². The third-order valence-corrected chi connectivity index (χ3v) is 2.97. The summed E-state index contributed by atoms with van der Waals surface area (Å²) in [5, 5.41) is 13.0. The van der Waals surface area contributed by atoms with Crippen LogP contribution < -0.4 is 0 Å². The molecule has 0 saturated heterocycles. The van der Waals surface area contributed by atoms with Gasteiger partial charge in [0.15, 0.2) is 0 Å². The van der Waals surface area contributed by atoms with Crippen molar-refractivity contribution >= 4 is 5.97 Å². The Balaban J connectivity index is 2.66. The average Bonchev–Trinajstić information content (AvgIpc) is 2.71. The predicted molar refractivity (Wildman–Crippen MR) is 65.7 cm³/mol. The molecule has 17 heavy (non-hydrogen) atoms. The fourth-order valence-electron chi connectivity index (χ4n) is 1.95. The van der Waals surface area contributed by atoms with Crippen molar-refractivity contribution in [3.63, 3.8) is 0 Å². The summed E-state index contributed by atoms with van der Waals surface area (Å²) < 4.78 is 1.94. The van der Waals surface area contributed by atoms with E-state index in [1.807, 2.05) is 31.5 Å². The molecule has 0 aliphatic rings. The second-order valence-corrected chi connectivity index (χ2v) is 4.15. The number of hydrogen-bond acceptors (Lipinski definition) is 3. The van der Waals surface area contributed by atoms with Gasteiger partial charge in [-0.1, -0.05) is 6.92 Å². The Morgan fingerprint density at radius 3 is 2.82 bits per heavy atom. The molecule has 0 fully saturated rings. The third-order valence-electron chi connectivity index (χ3n) is 2.97. The molecule has 0 bridgehead atoms. The average molecular weight is 239 g/mol. The topological polar surface area (TPSA) is 58.4 Å². The van der Waals surface area contributed by atoms with Crippen LogP contribution in [0, 0.1) is 0 Å². The standard InChI is InChI=1S/C12H21N3O2/c1-4-14(10(3)8-12(16)17)9-11-6-7-13-15(11)5-2/h6-7,10H,4-5,8-9H2,1-3H3,(H,16,17).